The Kier molecular flexibility index (Phi) is 5.21. The predicted molar refractivity (Wildman–Crippen MR) is 89.2 cm³/mol. The second-order valence-corrected chi connectivity index (χ2v) is 5.67. The van der Waals surface area contributed by atoms with Crippen LogP contribution in [0.4, 0.5) is 0 Å². The predicted octanol–water partition coefficient (Wildman–Crippen LogP) is 3.73. The van der Waals surface area contributed by atoms with Crippen LogP contribution in [0.5, 0.6) is 5.75 Å². The van der Waals surface area contributed by atoms with Crippen LogP contribution < -0.4 is 10.1 Å². The number of methoxy groups -OCH3 is 1. The second-order valence-electron chi connectivity index (χ2n) is 5.67. The van der Waals surface area contributed by atoms with E-state index in [0.717, 1.165) is 22.4 Å². The van der Waals surface area contributed by atoms with Crippen molar-refractivity contribution in [2.75, 3.05) is 7.11 Å². The first-order chi connectivity index (χ1) is 10.5. The maximum absolute atomic E-state index is 12.2. The van der Waals surface area contributed by atoms with Gasteiger partial charge < -0.3 is 10.1 Å². The highest BCUT2D eigenvalue weighted by molar-refractivity contribution is 5.79. The molecule has 2 aromatic rings. The molecule has 0 saturated carbocycles. The van der Waals surface area contributed by atoms with Crippen molar-refractivity contribution in [1.82, 2.24) is 5.32 Å². The van der Waals surface area contributed by atoms with Gasteiger partial charge in [-0.25, -0.2) is 0 Å². The van der Waals surface area contributed by atoms with Gasteiger partial charge in [-0.2, -0.15) is 0 Å². The zero-order valence-electron chi connectivity index (χ0n) is 13.6. The number of rotatable bonds is 5. The molecule has 0 heterocycles. The molecule has 1 atom stereocenters. The van der Waals surface area contributed by atoms with Gasteiger partial charge in [0.1, 0.15) is 5.75 Å². The summed E-state index contributed by atoms with van der Waals surface area (Å²) in [5.74, 6) is 0.856. The Bertz CT molecular complexity index is 647. The number of hydrogen-bond donors (Lipinski definition) is 1. The molecule has 1 amide bonds. The van der Waals surface area contributed by atoms with Crippen molar-refractivity contribution in [3.63, 3.8) is 0 Å². The standard InChI is InChI=1S/C19H23NO2/c1-13-5-6-14(2)17(11-13)12-19(21)20-15(3)16-7-9-18(22-4)10-8-16/h5-11,15H,12H2,1-4H3,(H,20,21). The Hall–Kier alpha value is -2.29. The number of amides is 1. The fraction of sp³-hybridized carbons (Fsp3) is 0.316. The largest absolute Gasteiger partial charge is 0.497 e. The molecule has 0 spiro atoms. The van der Waals surface area contributed by atoms with E-state index in [1.54, 1.807) is 7.11 Å². The number of benzene rings is 2. The highest BCUT2D eigenvalue weighted by atomic mass is 16.5. The molecule has 2 rings (SSSR count). The SMILES string of the molecule is COc1ccc(C(C)NC(=O)Cc2cc(C)ccc2C)cc1. The van der Waals surface area contributed by atoms with Gasteiger partial charge >= 0.3 is 0 Å². The Balaban J connectivity index is 2.00. The van der Waals surface area contributed by atoms with Crippen molar-refractivity contribution in [1.29, 1.82) is 0 Å². The van der Waals surface area contributed by atoms with E-state index in [0.29, 0.717) is 6.42 Å². The quantitative estimate of drug-likeness (QED) is 0.913. The number of ether oxygens (including phenoxy) is 1. The van der Waals surface area contributed by atoms with Gasteiger partial charge in [0, 0.05) is 0 Å². The average Bonchev–Trinajstić information content (AvgIpc) is 2.51. The minimum absolute atomic E-state index is 0.0245. The van der Waals surface area contributed by atoms with Crippen LogP contribution in [0.2, 0.25) is 0 Å². The van der Waals surface area contributed by atoms with Crippen LogP contribution in [0.1, 0.15) is 35.2 Å². The maximum atomic E-state index is 12.2. The van der Waals surface area contributed by atoms with Crippen LogP contribution in [0.25, 0.3) is 0 Å². The first-order valence-electron chi connectivity index (χ1n) is 7.49. The fourth-order valence-corrected chi connectivity index (χ4v) is 2.43. The molecule has 0 bridgehead atoms. The molecule has 0 aliphatic rings. The van der Waals surface area contributed by atoms with Gasteiger partial charge in [0.05, 0.1) is 19.6 Å². The molecule has 116 valence electrons. The molecule has 0 aliphatic carbocycles. The zero-order chi connectivity index (χ0) is 16.1. The van der Waals surface area contributed by atoms with Gasteiger partial charge in [-0.15, -0.1) is 0 Å². The van der Waals surface area contributed by atoms with Crippen LogP contribution in [0.15, 0.2) is 42.5 Å². The summed E-state index contributed by atoms with van der Waals surface area (Å²) in [4.78, 5) is 12.2. The molecule has 0 aromatic heterocycles. The Morgan fingerprint density at radius 2 is 1.82 bits per heavy atom. The zero-order valence-corrected chi connectivity index (χ0v) is 13.6. The van der Waals surface area contributed by atoms with Crippen molar-refractivity contribution in [2.45, 2.75) is 33.2 Å². The van der Waals surface area contributed by atoms with Crippen molar-refractivity contribution in [3.05, 3.63) is 64.7 Å². The number of aryl methyl sites for hydroxylation is 2. The minimum atomic E-state index is -0.0245. The molecule has 0 radical (unpaired) electrons. The Labute approximate surface area is 132 Å². The van der Waals surface area contributed by atoms with E-state index < -0.39 is 0 Å². The summed E-state index contributed by atoms with van der Waals surface area (Å²) in [5, 5.41) is 3.05. The van der Waals surface area contributed by atoms with E-state index in [1.165, 1.54) is 5.56 Å². The summed E-state index contributed by atoms with van der Waals surface area (Å²) in [7, 11) is 1.64. The maximum Gasteiger partial charge on any atom is 0.224 e. The smallest absolute Gasteiger partial charge is 0.224 e. The van der Waals surface area contributed by atoms with Gasteiger partial charge in [0.2, 0.25) is 5.91 Å². The van der Waals surface area contributed by atoms with Crippen LogP contribution in [0, 0.1) is 13.8 Å². The molecule has 2 aromatic carbocycles. The van der Waals surface area contributed by atoms with Gasteiger partial charge in [-0.05, 0) is 49.6 Å². The molecule has 1 unspecified atom stereocenters. The van der Waals surface area contributed by atoms with E-state index in [1.807, 2.05) is 45.0 Å². The molecule has 3 heteroatoms. The third kappa shape index (κ3) is 4.10. The molecule has 1 N–H and O–H groups in total. The molecule has 0 aliphatic heterocycles. The molecule has 0 fully saturated rings. The molecule has 0 saturated heterocycles. The van der Waals surface area contributed by atoms with Gasteiger partial charge in [0.15, 0.2) is 0 Å². The van der Waals surface area contributed by atoms with E-state index in [2.05, 4.69) is 23.5 Å². The highest BCUT2D eigenvalue weighted by Gasteiger charge is 2.11. The normalized spacial score (nSPS) is 11.8. The lowest BCUT2D eigenvalue weighted by atomic mass is 10.0. The van der Waals surface area contributed by atoms with Crippen molar-refractivity contribution in [2.24, 2.45) is 0 Å². The summed E-state index contributed by atoms with van der Waals surface area (Å²) in [6.07, 6.45) is 0.411. The minimum Gasteiger partial charge on any atom is -0.497 e. The Morgan fingerprint density at radius 3 is 2.45 bits per heavy atom. The molecule has 3 nitrogen and oxygen atoms in total. The van der Waals surface area contributed by atoms with E-state index in [4.69, 9.17) is 4.74 Å². The van der Waals surface area contributed by atoms with E-state index >= 15 is 0 Å². The first-order valence-corrected chi connectivity index (χ1v) is 7.49. The average molecular weight is 297 g/mol. The van der Waals surface area contributed by atoms with Crippen molar-refractivity contribution >= 4 is 5.91 Å². The van der Waals surface area contributed by atoms with Crippen LogP contribution in [-0.4, -0.2) is 13.0 Å². The summed E-state index contributed by atoms with van der Waals surface area (Å²) >= 11 is 0. The number of carbonyl (C=O) groups is 1. The lowest BCUT2D eigenvalue weighted by Gasteiger charge is -2.15. The summed E-state index contributed by atoms with van der Waals surface area (Å²) in [6.45, 7) is 6.07. The second kappa shape index (κ2) is 7.12. The monoisotopic (exact) mass is 297 g/mol. The first kappa shape index (κ1) is 16.1. The highest BCUT2D eigenvalue weighted by Crippen LogP contribution is 2.18. The summed E-state index contributed by atoms with van der Waals surface area (Å²) in [6, 6.07) is 13.9. The number of carbonyl (C=O) groups excluding carboxylic acids is 1. The van der Waals surface area contributed by atoms with E-state index in [9.17, 15) is 4.79 Å². The fourth-order valence-electron chi connectivity index (χ4n) is 2.43. The third-order valence-electron chi connectivity index (χ3n) is 3.85. The number of nitrogens with one attached hydrogen (secondary N) is 1. The van der Waals surface area contributed by atoms with Gasteiger partial charge in [-0.1, -0.05) is 35.9 Å². The summed E-state index contributed by atoms with van der Waals surface area (Å²) < 4.78 is 5.15. The van der Waals surface area contributed by atoms with Crippen LogP contribution >= 0.6 is 0 Å². The number of hydrogen-bond acceptors (Lipinski definition) is 2. The van der Waals surface area contributed by atoms with E-state index in [-0.39, 0.29) is 11.9 Å². The summed E-state index contributed by atoms with van der Waals surface area (Å²) in [5.41, 5.74) is 4.48. The molecular formula is C19H23NO2. The van der Waals surface area contributed by atoms with Crippen LogP contribution in [-0.2, 0) is 11.2 Å². The molecule has 22 heavy (non-hydrogen) atoms. The lowest BCUT2D eigenvalue weighted by Crippen LogP contribution is -2.28. The molecular weight excluding hydrogens is 274 g/mol. The third-order valence-corrected chi connectivity index (χ3v) is 3.85. The lowest BCUT2D eigenvalue weighted by molar-refractivity contribution is -0.121. The van der Waals surface area contributed by atoms with Crippen molar-refractivity contribution < 1.29 is 9.53 Å². The van der Waals surface area contributed by atoms with Crippen LogP contribution in [0.3, 0.4) is 0 Å². The van der Waals surface area contributed by atoms with Gasteiger partial charge in [0.25, 0.3) is 0 Å². The van der Waals surface area contributed by atoms with Crippen molar-refractivity contribution in [3.8, 4) is 5.75 Å². The Morgan fingerprint density at radius 1 is 1.14 bits per heavy atom. The topological polar surface area (TPSA) is 38.3 Å². The van der Waals surface area contributed by atoms with Gasteiger partial charge in [-0.3, -0.25) is 4.79 Å².